The van der Waals surface area contributed by atoms with Crippen LogP contribution in [0.1, 0.15) is 19.2 Å². The number of aromatic nitrogens is 5. The number of rotatable bonds is 6. The van der Waals surface area contributed by atoms with Gasteiger partial charge in [0.1, 0.15) is 12.1 Å². The fourth-order valence-electron chi connectivity index (χ4n) is 1.42. The average Bonchev–Trinajstić information content (AvgIpc) is 2.80. The molecule has 0 bridgehead atoms. The Morgan fingerprint density at radius 1 is 1.33 bits per heavy atom. The van der Waals surface area contributed by atoms with E-state index in [1.54, 1.807) is 12.5 Å². The van der Waals surface area contributed by atoms with Gasteiger partial charge in [-0.15, -0.1) is 10.2 Å². The summed E-state index contributed by atoms with van der Waals surface area (Å²) in [5, 5.41) is 14.1. The Kier molecular flexibility index (Phi) is 4.06. The molecule has 96 valence electrons. The van der Waals surface area contributed by atoms with Crippen LogP contribution in [0.15, 0.2) is 18.6 Å². The van der Waals surface area contributed by atoms with Crippen LogP contribution in [-0.2, 0) is 13.6 Å². The molecule has 0 aliphatic rings. The van der Waals surface area contributed by atoms with Gasteiger partial charge in [-0.05, 0) is 12.5 Å². The van der Waals surface area contributed by atoms with E-state index in [4.69, 9.17) is 0 Å². The van der Waals surface area contributed by atoms with Gasteiger partial charge < -0.3 is 15.2 Å². The van der Waals surface area contributed by atoms with Crippen LogP contribution in [0.5, 0.6) is 0 Å². The molecule has 2 aromatic rings. The molecule has 2 heterocycles. The van der Waals surface area contributed by atoms with E-state index in [1.165, 1.54) is 0 Å². The standard InChI is InChI=1S/C11H17N7/c1-3-5-12-11-13-6-4-9(16-11)14-7-10-17-15-8-18(10)2/h4,6,8H,3,5,7H2,1-2H3,(H2,12,13,14,16). The van der Waals surface area contributed by atoms with E-state index in [0.717, 1.165) is 24.6 Å². The Balaban J connectivity index is 1.95. The van der Waals surface area contributed by atoms with E-state index in [-0.39, 0.29) is 0 Å². The minimum atomic E-state index is 0.584. The lowest BCUT2D eigenvalue weighted by Gasteiger charge is -2.07. The minimum absolute atomic E-state index is 0.584. The van der Waals surface area contributed by atoms with E-state index < -0.39 is 0 Å². The predicted molar refractivity (Wildman–Crippen MR) is 69.1 cm³/mol. The molecule has 0 radical (unpaired) electrons. The van der Waals surface area contributed by atoms with Crippen molar-refractivity contribution in [3.05, 3.63) is 24.4 Å². The Hall–Kier alpha value is -2.18. The zero-order chi connectivity index (χ0) is 12.8. The van der Waals surface area contributed by atoms with Crippen LogP contribution in [0, 0.1) is 0 Å². The van der Waals surface area contributed by atoms with Crippen molar-refractivity contribution in [3.63, 3.8) is 0 Å². The summed E-state index contributed by atoms with van der Waals surface area (Å²) >= 11 is 0. The molecule has 2 aromatic heterocycles. The highest BCUT2D eigenvalue weighted by Crippen LogP contribution is 2.06. The van der Waals surface area contributed by atoms with Gasteiger partial charge in [0.15, 0.2) is 5.82 Å². The lowest BCUT2D eigenvalue weighted by Crippen LogP contribution is -2.09. The molecule has 18 heavy (non-hydrogen) atoms. The predicted octanol–water partition coefficient (Wildman–Crippen LogP) is 1.04. The van der Waals surface area contributed by atoms with Crippen LogP contribution in [0.25, 0.3) is 0 Å². The molecule has 0 aliphatic heterocycles. The third kappa shape index (κ3) is 3.16. The Morgan fingerprint density at radius 2 is 2.22 bits per heavy atom. The number of nitrogens with zero attached hydrogens (tertiary/aromatic N) is 5. The van der Waals surface area contributed by atoms with Gasteiger partial charge in [-0.1, -0.05) is 6.92 Å². The zero-order valence-electron chi connectivity index (χ0n) is 10.6. The van der Waals surface area contributed by atoms with E-state index in [0.29, 0.717) is 12.5 Å². The van der Waals surface area contributed by atoms with Crippen molar-refractivity contribution in [1.29, 1.82) is 0 Å². The number of hydrogen-bond donors (Lipinski definition) is 2. The average molecular weight is 247 g/mol. The molecule has 7 heteroatoms. The van der Waals surface area contributed by atoms with Gasteiger partial charge in [-0.25, -0.2) is 4.98 Å². The number of aryl methyl sites for hydroxylation is 1. The molecule has 7 nitrogen and oxygen atoms in total. The molecule has 0 atom stereocenters. The van der Waals surface area contributed by atoms with Crippen LogP contribution >= 0.6 is 0 Å². The van der Waals surface area contributed by atoms with Gasteiger partial charge in [-0.3, -0.25) is 0 Å². The highest BCUT2D eigenvalue weighted by Gasteiger charge is 2.02. The van der Waals surface area contributed by atoms with Gasteiger partial charge in [-0.2, -0.15) is 4.98 Å². The summed E-state index contributed by atoms with van der Waals surface area (Å²) in [6.07, 6.45) is 4.44. The Labute approximate surface area is 106 Å². The van der Waals surface area contributed by atoms with E-state index in [1.807, 2.05) is 17.7 Å². The second kappa shape index (κ2) is 5.95. The Bertz CT molecular complexity index is 494. The SMILES string of the molecule is CCCNc1nccc(NCc2nncn2C)n1. The van der Waals surface area contributed by atoms with Crippen molar-refractivity contribution in [3.8, 4) is 0 Å². The van der Waals surface area contributed by atoms with E-state index in [9.17, 15) is 0 Å². The monoisotopic (exact) mass is 247 g/mol. The van der Waals surface area contributed by atoms with Crippen LogP contribution in [0.3, 0.4) is 0 Å². The van der Waals surface area contributed by atoms with Crippen LogP contribution < -0.4 is 10.6 Å². The third-order valence-electron chi connectivity index (χ3n) is 2.42. The van der Waals surface area contributed by atoms with Crippen molar-refractivity contribution in [2.75, 3.05) is 17.2 Å². The van der Waals surface area contributed by atoms with Crippen molar-refractivity contribution in [2.45, 2.75) is 19.9 Å². The molecular formula is C11H17N7. The summed E-state index contributed by atoms with van der Waals surface area (Å²) in [4.78, 5) is 8.49. The maximum atomic E-state index is 4.35. The van der Waals surface area contributed by atoms with Crippen molar-refractivity contribution >= 4 is 11.8 Å². The van der Waals surface area contributed by atoms with Gasteiger partial charge >= 0.3 is 0 Å². The fourth-order valence-corrected chi connectivity index (χ4v) is 1.42. The normalized spacial score (nSPS) is 10.3. The summed E-state index contributed by atoms with van der Waals surface area (Å²) in [7, 11) is 1.91. The van der Waals surface area contributed by atoms with Crippen molar-refractivity contribution in [1.82, 2.24) is 24.7 Å². The lowest BCUT2D eigenvalue weighted by atomic mass is 10.5. The maximum Gasteiger partial charge on any atom is 0.224 e. The molecular weight excluding hydrogens is 230 g/mol. The van der Waals surface area contributed by atoms with Gasteiger partial charge in [0, 0.05) is 19.8 Å². The number of nitrogens with one attached hydrogen (secondary N) is 2. The largest absolute Gasteiger partial charge is 0.363 e. The van der Waals surface area contributed by atoms with Crippen LogP contribution in [0.4, 0.5) is 11.8 Å². The number of hydrogen-bond acceptors (Lipinski definition) is 6. The van der Waals surface area contributed by atoms with E-state index in [2.05, 4.69) is 37.7 Å². The lowest BCUT2D eigenvalue weighted by molar-refractivity contribution is 0.809. The summed E-state index contributed by atoms with van der Waals surface area (Å²) < 4.78 is 1.87. The smallest absolute Gasteiger partial charge is 0.224 e. The molecule has 2 rings (SSSR count). The molecule has 0 aromatic carbocycles. The molecule has 0 saturated carbocycles. The van der Waals surface area contributed by atoms with Gasteiger partial charge in [0.25, 0.3) is 0 Å². The van der Waals surface area contributed by atoms with Crippen LogP contribution in [-0.4, -0.2) is 31.3 Å². The third-order valence-corrected chi connectivity index (χ3v) is 2.42. The Morgan fingerprint density at radius 3 is 2.94 bits per heavy atom. The highest BCUT2D eigenvalue weighted by molar-refractivity contribution is 5.39. The summed E-state index contributed by atoms with van der Waals surface area (Å²) in [6.45, 7) is 3.55. The second-order valence-electron chi connectivity index (χ2n) is 3.90. The van der Waals surface area contributed by atoms with E-state index >= 15 is 0 Å². The first-order valence-corrected chi connectivity index (χ1v) is 5.93. The second-order valence-corrected chi connectivity index (χ2v) is 3.90. The van der Waals surface area contributed by atoms with Gasteiger partial charge in [0.05, 0.1) is 6.54 Å². The minimum Gasteiger partial charge on any atom is -0.363 e. The van der Waals surface area contributed by atoms with Crippen LogP contribution in [0.2, 0.25) is 0 Å². The molecule has 0 aliphatic carbocycles. The quantitative estimate of drug-likeness (QED) is 0.794. The first-order valence-electron chi connectivity index (χ1n) is 5.93. The molecule has 0 unspecified atom stereocenters. The number of anilines is 2. The highest BCUT2D eigenvalue weighted by atomic mass is 15.3. The van der Waals surface area contributed by atoms with Crippen molar-refractivity contribution in [2.24, 2.45) is 7.05 Å². The topological polar surface area (TPSA) is 80.5 Å². The summed E-state index contributed by atoms with van der Waals surface area (Å²) in [5.41, 5.74) is 0. The first-order chi connectivity index (χ1) is 8.79. The first kappa shape index (κ1) is 12.3. The van der Waals surface area contributed by atoms with Crippen molar-refractivity contribution < 1.29 is 0 Å². The molecule has 0 fully saturated rings. The molecule has 2 N–H and O–H groups in total. The fraction of sp³-hybridized carbons (Fsp3) is 0.455. The molecule has 0 amide bonds. The maximum absolute atomic E-state index is 4.35. The summed E-state index contributed by atoms with van der Waals surface area (Å²) in [6, 6.07) is 1.83. The zero-order valence-corrected chi connectivity index (χ0v) is 10.6. The van der Waals surface area contributed by atoms with Gasteiger partial charge in [0.2, 0.25) is 5.95 Å². The summed E-state index contributed by atoms with van der Waals surface area (Å²) in [5.74, 6) is 2.27. The molecule has 0 spiro atoms. The molecule has 0 saturated heterocycles.